The van der Waals surface area contributed by atoms with E-state index in [0.717, 1.165) is 26.0 Å². The minimum Gasteiger partial charge on any atom is -0.366 e. The van der Waals surface area contributed by atoms with Crippen molar-refractivity contribution in [3.63, 3.8) is 0 Å². The van der Waals surface area contributed by atoms with E-state index in [1.807, 2.05) is 43.3 Å². The van der Waals surface area contributed by atoms with Gasteiger partial charge in [0.2, 0.25) is 6.17 Å². The number of thiophene rings is 1. The lowest BCUT2D eigenvalue weighted by Crippen LogP contribution is -2.52. The highest BCUT2D eigenvalue weighted by atomic mass is 32.1. The Bertz CT molecular complexity index is 781. The first-order chi connectivity index (χ1) is 9.58. The lowest BCUT2D eigenvalue weighted by Gasteiger charge is -2.26. The largest absolute Gasteiger partial charge is 0.366 e. The van der Waals surface area contributed by atoms with Crippen molar-refractivity contribution in [2.75, 3.05) is 0 Å². The number of nitrogens with zero attached hydrogens (tertiary/aromatic N) is 2. The summed E-state index contributed by atoms with van der Waals surface area (Å²) in [4.78, 5) is 16.8. The third-order valence-electron chi connectivity index (χ3n) is 3.31. The molecule has 1 aliphatic heterocycles. The first-order valence-corrected chi connectivity index (χ1v) is 6.97. The molecule has 0 saturated carbocycles. The zero-order valence-corrected chi connectivity index (χ0v) is 11.7. The number of carbonyl (C=O) groups is 1. The smallest absolute Gasteiger partial charge is 0.264 e. The van der Waals surface area contributed by atoms with E-state index < -0.39 is 12.1 Å². The molecule has 6 heteroatoms. The summed E-state index contributed by atoms with van der Waals surface area (Å²) in [6.45, 7) is 1.87. The molecule has 1 aliphatic rings. The van der Waals surface area contributed by atoms with Crippen molar-refractivity contribution >= 4 is 22.9 Å². The summed E-state index contributed by atoms with van der Waals surface area (Å²) >= 11 is 1.54. The van der Waals surface area contributed by atoms with Crippen molar-refractivity contribution in [1.29, 1.82) is 0 Å². The molecular weight excluding hydrogens is 272 g/mol. The van der Waals surface area contributed by atoms with Gasteiger partial charge in [0, 0.05) is 15.8 Å². The molecule has 3 rings (SSSR count). The van der Waals surface area contributed by atoms with Gasteiger partial charge in [-0.05, 0) is 18.6 Å². The van der Waals surface area contributed by atoms with Crippen LogP contribution in [-0.2, 0) is 4.79 Å². The first kappa shape index (κ1) is 12.8. The van der Waals surface area contributed by atoms with Crippen LogP contribution in [-0.4, -0.2) is 17.1 Å². The van der Waals surface area contributed by atoms with Crippen LogP contribution in [0.25, 0.3) is 16.1 Å². The molecule has 5 nitrogen and oxygen atoms in total. The molecule has 0 saturated heterocycles. The maximum atomic E-state index is 11.4. The van der Waals surface area contributed by atoms with Crippen LogP contribution in [0.4, 0.5) is 0 Å². The molecule has 2 aromatic rings. The minimum atomic E-state index is -0.829. The fourth-order valence-corrected chi connectivity index (χ4v) is 3.29. The van der Waals surface area contributed by atoms with E-state index in [0.29, 0.717) is 0 Å². The first-order valence-electron chi connectivity index (χ1n) is 6.15. The van der Waals surface area contributed by atoms with Crippen LogP contribution in [0, 0.1) is 0 Å². The fourth-order valence-electron chi connectivity index (χ4n) is 2.18. The van der Waals surface area contributed by atoms with Crippen LogP contribution in [0.5, 0.6) is 0 Å². The molecule has 1 unspecified atom stereocenters. The molecule has 0 spiro atoms. The molecule has 1 atom stereocenters. The van der Waals surface area contributed by atoms with Gasteiger partial charge in [-0.2, -0.15) is 0 Å². The Kier molecular flexibility index (Phi) is 3.04. The molecule has 1 amide bonds. The number of nitrogens with two attached hydrogens (primary N) is 2. The highest BCUT2D eigenvalue weighted by Gasteiger charge is 2.25. The summed E-state index contributed by atoms with van der Waals surface area (Å²) < 4.78 is 0.798. The minimum absolute atomic E-state index is 0.549. The van der Waals surface area contributed by atoms with Crippen molar-refractivity contribution in [3.05, 3.63) is 46.3 Å². The number of hydrogen-bond acceptors (Lipinski definition) is 5. The van der Waals surface area contributed by atoms with Gasteiger partial charge in [0.05, 0.1) is 0 Å². The number of benzene rings is 1. The SMILES string of the molecule is CC1=c2cc(-c3ccccc3)sc2=NC(C(N)=O)N1N. The molecule has 1 aromatic heterocycles. The quantitative estimate of drug-likeness (QED) is 0.771. The Morgan fingerprint density at radius 3 is 2.70 bits per heavy atom. The number of fused-ring (bicyclic) bond motifs is 1. The van der Waals surface area contributed by atoms with Crippen molar-refractivity contribution in [2.24, 2.45) is 16.6 Å². The fraction of sp³-hybridized carbons (Fsp3) is 0.143. The van der Waals surface area contributed by atoms with Crippen LogP contribution in [0.2, 0.25) is 0 Å². The van der Waals surface area contributed by atoms with Gasteiger partial charge in [-0.15, -0.1) is 11.3 Å². The highest BCUT2D eigenvalue weighted by Crippen LogP contribution is 2.21. The summed E-state index contributed by atoms with van der Waals surface area (Å²) in [6.07, 6.45) is -0.829. The van der Waals surface area contributed by atoms with Crippen LogP contribution >= 0.6 is 11.3 Å². The Balaban J connectivity index is 2.21. The number of carbonyl (C=O) groups excluding carboxylic acids is 1. The maximum absolute atomic E-state index is 11.4. The molecule has 4 N–H and O–H groups in total. The van der Waals surface area contributed by atoms with E-state index in [-0.39, 0.29) is 0 Å². The van der Waals surface area contributed by atoms with Gasteiger partial charge in [-0.25, -0.2) is 10.8 Å². The van der Waals surface area contributed by atoms with Gasteiger partial charge >= 0.3 is 0 Å². The number of hydrazine groups is 1. The Morgan fingerprint density at radius 1 is 1.35 bits per heavy atom. The lowest BCUT2D eigenvalue weighted by molar-refractivity contribution is -0.122. The summed E-state index contributed by atoms with van der Waals surface area (Å²) in [5.74, 6) is 5.34. The molecule has 102 valence electrons. The molecule has 0 aliphatic carbocycles. The van der Waals surface area contributed by atoms with Gasteiger partial charge in [-0.1, -0.05) is 30.3 Å². The monoisotopic (exact) mass is 286 g/mol. The Labute approximate surface area is 119 Å². The lowest BCUT2D eigenvalue weighted by atomic mass is 10.2. The second-order valence-corrected chi connectivity index (χ2v) is 5.62. The zero-order chi connectivity index (χ0) is 14.3. The van der Waals surface area contributed by atoms with Gasteiger partial charge < -0.3 is 5.73 Å². The zero-order valence-electron chi connectivity index (χ0n) is 10.9. The normalized spacial score (nSPS) is 17.6. The third-order valence-corrected chi connectivity index (χ3v) is 4.40. The Hall–Kier alpha value is -2.18. The van der Waals surface area contributed by atoms with Crippen LogP contribution < -0.4 is 21.5 Å². The van der Waals surface area contributed by atoms with Crippen molar-refractivity contribution in [3.8, 4) is 10.4 Å². The van der Waals surface area contributed by atoms with E-state index in [1.54, 1.807) is 0 Å². The highest BCUT2D eigenvalue weighted by molar-refractivity contribution is 7.13. The standard InChI is InChI=1S/C14H14N4OS/c1-8-10-7-11(9-5-3-2-4-6-9)20-14(10)17-13(12(15)19)18(8)16/h2-7,13H,16H2,1H3,(H2,15,19). The van der Waals surface area contributed by atoms with Gasteiger partial charge in [0.15, 0.2) is 0 Å². The van der Waals surface area contributed by atoms with E-state index in [4.69, 9.17) is 11.6 Å². The van der Waals surface area contributed by atoms with E-state index in [2.05, 4.69) is 4.99 Å². The molecule has 0 bridgehead atoms. The van der Waals surface area contributed by atoms with Crippen LogP contribution in [0.3, 0.4) is 0 Å². The van der Waals surface area contributed by atoms with E-state index >= 15 is 0 Å². The third kappa shape index (κ3) is 1.99. The van der Waals surface area contributed by atoms with Gasteiger partial charge in [-0.3, -0.25) is 9.80 Å². The molecule has 0 radical (unpaired) electrons. The molecule has 0 fully saturated rings. The van der Waals surface area contributed by atoms with Crippen molar-refractivity contribution in [2.45, 2.75) is 13.1 Å². The average molecular weight is 286 g/mol. The van der Waals surface area contributed by atoms with Crippen LogP contribution in [0.1, 0.15) is 6.92 Å². The second-order valence-electron chi connectivity index (χ2n) is 4.59. The molecule has 20 heavy (non-hydrogen) atoms. The summed E-state index contributed by atoms with van der Waals surface area (Å²) in [7, 11) is 0. The predicted octanol–water partition coefficient (Wildman–Crippen LogP) is 0.164. The molecule has 1 aromatic carbocycles. The number of amides is 1. The van der Waals surface area contributed by atoms with Gasteiger partial charge in [0.1, 0.15) is 4.67 Å². The topological polar surface area (TPSA) is 84.7 Å². The Morgan fingerprint density at radius 2 is 2.05 bits per heavy atom. The predicted molar refractivity (Wildman–Crippen MR) is 78.6 cm³/mol. The second kappa shape index (κ2) is 4.73. The van der Waals surface area contributed by atoms with E-state index in [9.17, 15) is 4.79 Å². The number of hydrogen-bond donors (Lipinski definition) is 2. The average Bonchev–Trinajstić information content (AvgIpc) is 2.88. The van der Waals surface area contributed by atoms with E-state index in [1.165, 1.54) is 16.3 Å². The summed E-state index contributed by atoms with van der Waals surface area (Å²) in [5.41, 5.74) is 7.25. The van der Waals surface area contributed by atoms with Crippen LogP contribution in [0.15, 0.2) is 41.4 Å². The molecule has 2 heterocycles. The maximum Gasteiger partial charge on any atom is 0.264 e. The number of primary amides is 1. The summed E-state index contributed by atoms with van der Waals surface area (Å²) in [6, 6.07) is 12.1. The summed E-state index contributed by atoms with van der Waals surface area (Å²) in [5, 5.41) is 2.28. The van der Waals surface area contributed by atoms with Gasteiger partial charge in [0.25, 0.3) is 5.91 Å². The molecular formula is C14H14N4OS. The van der Waals surface area contributed by atoms with Crippen molar-refractivity contribution in [1.82, 2.24) is 5.01 Å². The number of rotatable bonds is 2. The van der Waals surface area contributed by atoms with Crippen molar-refractivity contribution < 1.29 is 4.79 Å².